The zero-order valence-electron chi connectivity index (χ0n) is 10.5. The van der Waals surface area contributed by atoms with Crippen LogP contribution in [0.1, 0.15) is 37.0 Å². The van der Waals surface area contributed by atoms with Crippen LogP contribution in [0.5, 0.6) is 0 Å². The molecule has 4 heteroatoms. The number of nitrogens with one attached hydrogen (secondary N) is 1. The molecule has 0 spiro atoms. The summed E-state index contributed by atoms with van der Waals surface area (Å²) in [5.74, 6) is 2.56. The minimum Gasteiger partial charge on any atom is -0.469 e. The number of fused-ring (bicyclic) bond motifs is 3. The van der Waals surface area contributed by atoms with E-state index in [0.29, 0.717) is 5.92 Å². The largest absolute Gasteiger partial charge is 0.469 e. The summed E-state index contributed by atoms with van der Waals surface area (Å²) in [6, 6.07) is 2.00. The summed E-state index contributed by atoms with van der Waals surface area (Å²) in [6.07, 6.45) is 6.09. The van der Waals surface area contributed by atoms with E-state index in [9.17, 15) is 0 Å². The molecule has 0 bridgehead atoms. The van der Waals surface area contributed by atoms with Crippen molar-refractivity contribution < 1.29 is 4.42 Å². The molecule has 0 aliphatic heterocycles. The summed E-state index contributed by atoms with van der Waals surface area (Å²) >= 11 is 0. The summed E-state index contributed by atoms with van der Waals surface area (Å²) < 4.78 is 5.48. The van der Waals surface area contributed by atoms with Gasteiger partial charge in [-0.3, -0.25) is 0 Å². The molecule has 94 valence electrons. The number of hydrogen-bond donors (Lipinski definition) is 2. The predicted octanol–water partition coefficient (Wildman–Crippen LogP) is 2.35. The lowest BCUT2D eigenvalue weighted by molar-refractivity contribution is 0.403. The van der Waals surface area contributed by atoms with Crippen LogP contribution in [0, 0.1) is 5.92 Å². The predicted molar refractivity (Wildman–Crippen MR) is 68.0 cm³/mol. The normalized spacial score (nSPS) is 21.2. The van der Waals surface area contributed by atoms with Gasteiger partial charge in [0.25, 0.3) is 0 Å². The van der Waals surface area contributed by atoms with E-state index in [4.69, 9.17) is 15.1 Å². The second-order valence-electron chi connectivity index (χ2n) is 5.73. The molecule has 2 heterocycles. The first kappa shape index (κ1) is 10.4. The molecule has 1 atom stereocenters. The standard InChI is InChI=1S/C14H17N3O/c1-14(15,8-2-3-8)13-16-10-4-5-11-9(6-7-18-11)12(10)17-13/h6-8H,2-5,15H2,1H3,(H,16,17). The fourth-order valence-corrected chi connectivity index (χ4v) is 2.93. The molecule has 1 saturated carbocycles. The van der Waals surface area contributed by atoms with Gasteiger partial charge in [-0.15, -0.1) is 0 Å². The number of aromatic nitrogens is 2. The Morgan fingerprint density at radius 3 is 3.06 bits per heavy atom. The third-order valence-corrected chi connectivity index (χ3v) is 4.32. The van der Waals surface area contributed by atoms with Gasteiger partial charge in [0.2, 0.25) is 0 Å². The maximum atomic E-state index is 6.43. The third kappa shape index (κ3) is 1.32. The van der Waals surface area contributed by atoms with Crippen molar-refractivity contribution in [3.63, 3.8) is 0 Å². The highest BCUT2D eigenvalue weighted by Gasteiger charge is 2.42. The zero-order valence-corrected chi connectivity index (χ0v) is 10.5. The molecule has 2 aliphatic rings. The monoisotopic (exact) mass is 243 g/mol. The summed E-state index contributed by atoms with van der Waals surface area (Å²) in [7, 11) is 0. The maximum absolute atomic E-state index is 6.43. The second-order valence-corrected chi connectivity index (χ2v) is 5.73. The van der Waals surface area contributed by atoms with Crippen LogP contribution in [0.15, 0.2) is 16.7 Å². The molecule has 1 fully saturated rings. The van der Waals surface area contributed by atoms with Gasteiger partial charge in [0.15, 0.2) is 0 Å². The average molecular weight is 243 g/mol. The first-order valence-electron chi connectivity index (χ1n) is 6.61. The minimum atomic E-state index is -0.318. The van der Waals surface area contributed by atoms with Crippen molar-refractivity contribution in [1.29, 1.82) is 0 Å². The molecule has 2 aliphatic carbocycles. The van der Waals surface area contributed by atoms with Crippen molar-refractivity contribution in [2.75, 3.05) is 0 Å². The van der Waals surface area contributed by atoms with Gasteiger partial charge in [-0.25, -0.2) is 4.98 Å². The van der Waals surface area contributed by atoms with E-state index in [0.717, 1.165) is 35.7 Å². The molecule has 4 nitrogen and oxygen atoms in total. The van der Waals surface area contributed by atoms with Crippen LogP contribution in [0.2, 0.25) is 0 Å². The zero-order chi connectivity index (χ0) is 12.3. The highest BCUT2D eigenvalue weighted by atomic mass is 16.3. The van der Waals surface area contributed by atoms with Crippen LogP contribution in [-0.4, -0.2) is 9.97 Å². The van der Waals surface area contributed by atoms with Crippen molar-refractivity contribution in [2.45, 2.75) is 38.1 Å². The lowest BCUT2D eigenvalue weighted by atomic mass is 9.97. The Morgan fingerprint density at radius 2 is 2.28 bits per heavy atom. The number of rotatable bonds is 2. The topological polar surface area (TPSA) is 67.8 Å². The first-order chi connectivity index (χ1) is 8.66. The van der Waals surface area contributed by atoms with Crippen molar-refractivity contribution >= 4 is 0 Å². The second kappa shape index (κ2) is 3.26. The maximum Gasteiger partial charge on any atom is 0.127 e. The van der Waals surface area contributed by atoms with Gasteiger partial charge >= 0.3 is 0 Å². The number of H-pyrrole nitrogens is 1. The Bertz CT molecular complexity index is 604. The Morgan fingerprint density at radius 1 is 1.44 bits per heavy atom. The van der Waals surface area contributed by atoms with E-state index in [2.05, 4.69) is 11.9 Å². The van der Waals surface area contributed by atoms with Gasteiger partial charge < -0.3 is 15.1 Å². The molecule has 2 aromatic rings. The third-order valence-electron chi connectivity index (χ3n) is 4.32. The van der Waals surface area contributed by atoms with Crippen LogP contribution in [0.25, 0.3) is 11.3 Å². The summed E-state index contributed by atoms with van der Waals surface area (Å²) in [5.41, 5.74) is 9.49. The Kier molecular flexibility index (Phi) is 1.88. The lowest BCUT2D eigenvalue weighted by Gasteiger charge is -2.21. The summed E-state index contributed by atoms with van der Waals surface area (Å²) in [5, 5.41) is 0. The van der Waals surface area contributed by atoms with Gasteiger partial charge in [-0.2, -0.15) is 0 Å². The summed E-state index contributed by atoms with van der Waals surface area (Å²) in [6.45, 7) is 2.09. The van der Waals surface area contributed by atoms with E-state index < -0.39 is 0 Å². The van der Waals surface area contributed by atoms with Crippen LogP contribution in [0.3, 0.4) is 0 Å². The van der Waals surface area contributed by atoms with Crippen molar-refractivity contribution in [3.05, 3.63) is 29.6 Å². The Balaban J connectivity index is 1.82. The molecular formula is C14H17N3O. The number of hydrogen-bond acceptors (Lipinski definition) is 3. The number of nitrogens with two attached hydrogens (primary N) is 1. The smallest absolute Gasteiger partial charge is 0.127 e. The quantitative estimate of drug-likeness (QED) is 0.850. The molecule has 0 aromatic carbocycles. The molecule has 4 rings (SSSR count). The molecule has 2 aromatic heterocycles. The average Bonchev–Trinajstić information content (AvgIpc) is 2.94. The van der Waals surface area contributed by atoms with Crippen molar-refractivity contribution in [1.82, 2.24) is 9.97 Å². The number of aryl methyl sites for hydroxylation is 2. The molecule has 3 N–H and O–H groups in total. The fraction of sp³-hybridized carbons (Fsp3) is 0.500. The molecular weight excluding hydrogens is 226 g/mol. The fourth-order valence-electron chi connectivity index (χ4n) is 2.93. The molecule has 0 saturated heterocycles. The summed E-state index contributed by atoms with van der Waals surface area (Å²) in [4.78, 5) is 8.20. The van der Waals surface area contributed by atoms with Gasteiger partial charge in [0, 0.05) is 17.7 Å². The first-order valence-corrected chi connectivity index (χ1v) is 6.61. The van der Waals surface area contributed by atoms with E-state index in [1.807, 2.05) is 6.07 Å². The van der Waals surface area contributed by atoms with E-state index >= 15 is 0 Å². The molecule has 1 unspecified atom stereocenters. The SMILES string of the molecule is CC(N)(c1nc2c([nH]1)CCc1occc1-2)C1CC1. The van der Waals surface area contributed by atoms with Crippen molar-refractivity contribution in [3.8, 4) is 11.3 Å². The Labute approximate surface area is 106 Å². The van der Waals surface area contributed by atoms with Gasteiger partial charge in [0.05, 0.1) is 17.5 Å². The van der Waals surface area contributed by atoms with Gasteiger partial charge in [-0.05, 0) is 38.2 Å². The van der Waals surface area contributed by atoms with Gasteiger partial charge in [-0.1, -0.05) is 0 Å². The van der Waals surface area contributed by atoms with E-state index in [1.165, 1.54) is 18.5 Å². The number of furan rings is 1. The van der Waals surface area contributed by atoms with Crippen LogP contribution < -0.4 is 5.73 Å². The molecule has 0 amide bonds. The number of imidazole rings is 1. The van der Waals surface area contributed by atoms with E-state index in [-0.39, 0.29) is 5.54 Å². The molecule has 0 radical (unpaired) electrons. The van der Waals surface area contributed by atoms with Crippen LogP contribution in [-0.2, 0) is 18.4 Å². The van der Waals surface area contributed by atoms with E-state index in [1.54, 1.807) is 6.26 Å². The Hall–Kier alpha value is -1.55. The number of nitrogens with zero attached hydrogens (tertiary/aromatic N) is 1. The van der Waals surface area contributed by atoms with Crippen molar-refractivity contribution in [2.24, 2.45) is 11.7 Å². The lowest BCUT2D eigenvalue weighted by Crippen LogP contribution is -2.36. The van der Waals surface area contributed by atoms with Crippen LogP contribution >= 0.6 is 0 Å². The van der Waals surface area contributed by atoms with Gasteiger partial charge in [0.1, 0.15) is 11.6 Å². The van der Waals surface area contributed by atoms with Crippen LogP contribution in [0.4, 0.5) is 0 Å². The highest BCUT2D eigenvalue weighted by molar-refractivity contribution is 5.66. The highest BCUT2D eigenvalue weighted by Crippen LogP contribution is 2.44. The number of aromatic amines is 1. The molecule has 18 heavy (non-hydrogen) atoms. The minimum absolute atomic E-state index is 0.318.